The molecular weight excluding hydrogens is 679 g/mol. The third kappa shape index (κ3) is 7.34. The summed E-state index contributed by atoms with van der Waals surface area (Å²) in [5.41, 5.74) is -2.30. The molecule has 0 bridgehead atoms. The minimum absolute atomic E-state index is 0.0221. The number of hydrogen-bond acceptors (Lipinski definition) is 7. The topological polar surface area (TPSA) is 119 Å². The van der Waals surface area contributed by atoms with E-state index in [0.717, 1.165) is 12.8 Å². The highest BCUT2D eigenvalue weighted by atomic mass is 19.4. The van der Waals surface area contributed by atoms with Crippen molar-refractivity contribution in [3.63, 3.8) is 0 Å². The summed E-state index contributed by atoms with van der Waals surface area (Å²) in [6.45, 7) is 4.46. The van der Waals surface area contributed by atoms with Crippen molar-refractivity contribution in [1.82, 2.24) is 20.5 Å². The van der Waals surface area contributed by atoms with Crippen LogP contribution in [0.2, 0.25) is 0 Å². The molecule has 1 aromatic heterocycles. The lowest BCUT2D eigenvalue weighted by Gasteiger charge is -2.37. The molecule has 0 unspecified atom stereocenters. The lowest BCUT2D eigenvalue weighted by atomic mass is 9.87. The molecule has 3 amide bonds. The van der Waals surface area contributed by atoms with Crippen molar-refractivity contribution in [1.29, 1.82) is 0 Å². The SMILES string of the molecule is C=C(C)[C@@]12C[C@H]1/C=C\CCCCC[C@H](NC(=O)OCC(F)F)C(=O)N1C[C@@]3(CCc4c(c(C(F)(F)F)nc5ccc(OC)cc45)O3)C[C@H]1C(=O)N2. The van der Waals surface area contributed by atoms with Gasteiger partial charge in [0.2, 0.25) is 11.8 Å². The van der Waals surface area contributed by atoms with E-state index in [1.807, 2.05) is 12.2 Å². The predicted octanol–water partition coefficient (Wildman–Crippen LogP) is 6.26. The zero-order valence-electron chi connectivity index (χ0n) is 28.4. The van der Waals surface area contributed by atoms with Crippen LogP contribution in [0.5, 0.6) is 11.5 Å². The van der Waals surface area contributed by atoms with E-state index in [1.165, 1.54) is 24.1 Å². The maximum atomic E-state index is 14.6. The highest BCUT2D eigenvalue weighted by Gasteiger charge is 2.58. The molecule has 2 N–H and O–H groups in total. The first-order valence-electron chi connectivity index (χ1n) is 17.1. The first-order chi connectivity index (χ1) is 24.2. The summed E-state index contributed by atoms with van der Waals surface area (Å²) in [5.74, 6) is -1.31. The maximum absolute atomic E-state index is 14.6. The van der Waals surface area contributed by atoms with Gasteiger partial charge in [0.15, 0.2) is 18.1 Å². The number of pyridine rings is 1. The number of nitrogens with one attached hydrogen (secondary N) is 2. The Bertz CT molecular complexity index is 1750. The molecule has 51 heavy (non-hydrogen) atoms. The number of hydrogen-bond donors (Lipinski definition) is 2. The number of nitrogens with zero attached hydrogens (tertiary/aromatic N) is 2. The summed E-state index contributed by atoms with van der Waals surface area (Å²) >= 11 is 0. The quantitative estimate of drug-likeness (QED) is 0.277. The van der Waals surface area contributed by atoms with Crippen LogP contribution in [-0.4, -0.2) is 77.7 Å². The van der Waals surface area contributed by atoms with Crippen molar-refractivity contribution in [3.8, 4) is 11.5 Å². The number of carbonyl (C=O) groups is 3. The van der Waals surface area contributed by atoms with Crippen molar-refractivity contribution in [3.05, 3.63) is 53.8 Å². The number of rotatable bonds is 5. The molecule has 4 aliphatic rings. The standard InChI is InChI=1S/C36H41F5N4O6/c1-20(2)35-16-21(35)9-7-5-4-6-8-10-26(43-33(48)50-18-28(37)38)32(47)45-19-34(17-27(45)31(46)44-35)14-13-23-24-15-22(49-3)11-12-25(24)42-30(29(23)51-34)36(39,40)41/h7,9,11-12,15,21,26-28H,1,4-6,8,10,13-14,16-19H2,2-3H3,(H,43,48)(H,44,46)/b9-7-/t21-,26+,27+,34-,35+/m1/s1. The average Bonchev–Trinajstić information content (AvgIpc) is 3.66. The Morgan fingerprint density at radius 1 is 1.22 bits per heavy atom. The molecule has 2 aromatic rings. The number of alkyl halides is 5. The molecule has 2 fully saturated rings. The van der Waals surface area contributed by atoms with Crippen LogP contribution in [0.3, 0.4) is 0 Å². The molecule has 1 aliphatic carbocycles. The molecule has 276 valence electrons. The molecule has 1 aromatic carbocycles. The molecule has 3 aliphatic heterocycles. The van der Waals surface area contributed by atoms with Gasteiger partial charge >= 0.3 is 12.3 Å². The Morgan fingerprint density at radius 3 is 2.71 bits per heavy atom. The van der Waals surface area contributed by atoms with E-state index in [4.69, 9.17) is 9.47 Å². The minimum atomic E-state index is -4.89. The average molecular weight is 721 g/mol. The van der Waals surface area contributed by atoms with Crippen LogP contribution < -0.4 is 20.1 Å². The van der Waals surface area contributed by atoms with E-state index in [1.54, 1.807) is 13.0 Å². The third-order valence-electron chi connectivity index (χ3n) is 10.4. The monoisotopic (exact) mass is 720 g/mol. The number of aryl methyl sites for hydroxylation is 1. The lowest BCUT2D eigenvalue weighted by molar-refractivity contribution is -0.144. The van der Waals surface area contributed by atoms with E-state index >= 15 is 0 Å². The Labute approximate surface area is 291 Å². The van der Waals surface area contributed by atoms with Crippen molar-refractivity contribution < 1.29 is 50.5 Å². The highest BCUT2D eigenvalue weighted by molar-refractivity contribution is 5.93. The zero-order chi connectivity index (χ0) is 36.7. The molecule has 1 saturated heterocycles. The Balaban J connectivity index is 1.38. The van der Waals surface area contributed by atoms with Crippen molar-refractivity contribution in [2.75, 3.05) is 20.3 Å². The van der Waals surface area contributed by atoms with Gasteiger partial charge in [-0.15, -0.1) is 0 Å². The second kappa shape index (κ2) is 13.9. The van der Waals surface area contributed by atoms with E-state index in [9.17, 15) is 36.3 Å². The summed E-state index contributed by atoms with van der Waals surface area (Å²) in [7, 11) is 1.44. The third-order valence-corrected chi connectivity index (χ3v) is 10.4. The van der Waals surface area contributed by atoms with E-state index in [0.29, 0.717) is 36.0 Å². The number of carbonyl (C=O) groups excluding carboxylic acids is 3. The Kier molecular flexibility index (Phi) is 9.94. The molecule has 5 atom stereocenters. The number of alkyl carbamates (subject to hydrolysis) is 1. The van der Waals surface area contributed by atoms with Crippen molar-refractivity contribution in [2.24, 2.45) is 5.92 Å². The fraction of sp³-hybridized carbons (Fsp3) is 0.556. The van der Waals surface area contributed by atoms with Crippen LogP contribution in [-0.2, 0) is 26.9 Å². The second-order valence-electron chi connectivity index (χ2n) is 13.9. The molecule has 15 heteroatoms. The molecule has 6 rings (SSSR count). The summed E-state index contributed by atoms with van der Waals surface area (Å²) in [4.78, 5) is 46.3. The van der Waals surface area contributed by atoms with Crippen LogP contribution in [0.4, 0.5) is 26.7 Å². The number of fused-ring (bicyclic) bond motifs is 5. The maximum Gasteiger partial charge on any atom is 0.437 e. The van der Waals surface area contributed by atoms with Crippen LogP contribution in [0.25, 0.3) is 10.9 Å². The number of halogens is 5. The van der Waals surface area contributed by atoms with Crippen LogP contribution in [0, 0.1) is 5.92 Å². The smallest absolute Gasteiger partial charge is 0.437 e. The van der Waals surface area contributed by atoms with Crippen LogP contribution in [0.15, 0.2) is 42.5 Å². The summed E-state index contributed by atoms with van der Waals surface area (Å²) in [6.07, 6.45) is -1.40. The van der Waals surface area contributed by atoms with Gasteiger partial charge in [-0.05, 0) is 63.6 Å². The van der Waals surface area contributed by atoms with E-state index < -0.39 is 71.8 Å². The fourth-order valence-electron chi connectivity index (χ4n) is 7.65. The van der Waals surface area contributed by atoms with Gasteiger partial charge < -0.3 is 29.7 Å². The Hall–Kier alpha value is -4.43. The minimum Gasteiger partial charge on any atom is -0.497 e. The molecular formula is C36H41F5N4O6. The second-order valence-corrected chi connectivity index (χ2v) is 13.9. The highest BCUT2D eigenvalue weighted by Crippen LogP contribution is 2.51. The van der Waals surface area contributed by atoms with Gasteiger partial charge in [0, 0.05) is 23.3 Å². The van der Waals surface area contributed by atoms with Crippen LogP contribution in [0.1, 0.15) is 69.5 Å². The van der Waals surface area contributed by atoms with E-state index in [-0.39, 0.29) is 49.2 Å². The van der Waals surface area contributed by atoms with E-state index in [2.05, 4.69) is 26.9 Å². The molecule has 4 heterocycles. The van der Waals surface area contributed by atoms with Gasteiger partial charge in [-0.25, -0.2) is 18.6 Å². The zero-order valence-corrected chi connectivity index (χ0v) is 28.4. The number of allylic oxidation sites excluding steroid dienone is 1. The lowest BCUT2D eigenvalue weighted by Crippen LogP contribution is -2.55. The predicted molar refractivity (Wildman–Crippen MR) is 175 cm³/mol. The van der Waals surface area contributed by atoms with Gasteiger partial charge in [-0.1, -0.05) is 37.1 Å². The molecule has 0 radical (unpaired) electrons. The molecule has 1 saturated carbocycles. The van der Waals surface area contributed by atoms with Crippen molar-refractivity contribution >= 4 is 28.8 Å². The van der Waals surface area contributed by atoms with Gasteiger partial charge in [0.25, 0.3) is 6.43 Å². The van der Waals surface area contributed by atoms with Crippen molar-refractivity contribution in [2.45, 2.75) is 101 Å². The summed E-state index contributed by atoms with van der Waals surface area (Å²) in [6, 6.07) is 2.10. The first kappa shape index (κ1) is 36.4. The van der Waals surface area contributed by atoms with Crippen LogP contribution >= 0.6 is 0 Å². The summed E-state index contributed by atoms with van der Waals surface area (Å²) in [5, 5.41) is 5.91. The fourth-order valence-corrected chi connectivity index (χ4v) is 7.65. The number of aromatic nitrogens is 1. The number of amides is 3. The number of benzene rings is 1. The first-order valence-corrected chi connectivity index (χ1v) is 17.1. The van der Waals surface area contributed by atoms with Gasteiger partial charge in [-0.2, -0.15) is 13.2 Å². The van der Waals surface area contributed by atoms with Gasteiger partial charge in [0.1, 0.15) is 23.4 Å². The largest absolute Gasteiger partial charge is 0.497 e. The van der Waals surface area contributed by atoms with Gasteiger partial charge in [0.05, 0.1) is 24.7 Å². The molecule has 10 nitrogen and oxygen atoms in total. The molecule has 1 spiro atoms. The Morgan fingerprint density at radius 2 is 2.00 bits per heavy atom. The summed E-state index contributed by atoms with van der Waals surface area (Å²) < 4.78 is 85.5. The number of ether oxygens (including phenoxy) is 3. The number of methoxy groups -OCH3 is 1. The van der Waals surface area contributed by atoms with Gasteiger partial charge in [-0.3, -0.25) is 9.59 Å². The normalized spacial score (nSPS) is 28.8.